The van der Waals surface area contributed by atoms with Crippen LogP contribution in [-0.4, -0.2) is 31.6 Å². The highest BCUT2D eigenvalue weighted by molar-refractivity contribution is 6.06. The molecular weight excluding hydrogens is 442 g/mol. The normalized spacial score (nSPS) is 12.2. The van der Waals surface area contributed by atoms with Crippen molar-refractivity contribution in [1.29, 1.82) is 0 Å². The van der Waals surface area contributed by atoms with E-state index >= 15 is 0 Å². The molecule has 0 saturated carbocycles. The van der Waals surface area contributed by atoms with Crippen LogP contribution < -0.4 is 16.4 Å². The number of primary amides is 1. The molecule has 4 N–H and O–H groups in total. The summed E-state index contributed by atoms with van der Waals surface area (Å²) in [6.07, 6.45) is 2.24. The van der Waals surface area contributed by atoms with E-state index in [1.165, 1.54) is 11.8 Å². The van der Waals surface area contributed by atoms with Crippen LogP contribution in [0.15, 0.2) is 48.7 Å². The summed E-state index contributed by atoms with van der Waals surface area (Å²) >= 11 is 0. The average Bonchev–Trinajstić information content (AvgIpc) is 3.08. The van der Waals surface area contributed by atoms with Crippen LogP contribution >= 0.6 is 0 Å². The Morgan fingerprint density at radius 1 is 1.11 bits per heavy atom. The maximum absolute atomic E-state index is 12.8. The molecule has 4 aromatic rings. The van der Waals surface area contributed by atoms with Gasteiger partial charge in [0.2, 0.25) is 0 Å². The number of aryl methyl sites for hydroxylation is 5. The number of rotatable bonds is 4. The summed E-state index contributed by atoms with van der Waals surface area (Å²) in [5.74, 6) is 0.0934. The van der Waals surface area contributed by atoms with Crippen LogP contribution in [0.1, 0.15) is 43.1 Å². The molecule has 35 heavy (non-hydrogen) atoms. The number of amides is 2. The molecule has 0 spiro atoms. The lowest BCUT2D eigenvalue weighted by Gasteiger charge is -2.10. The van der Waals surface area contributed by atoms with E-state index in [1.807, 2.05) is 45.0 Å². The molecule has 0 saturated heterocycles. The van der Waals surface area contributed by atoms with Crippen LogP contribution in [0.25, 0.3) is 11.4 Å². The number of nitrogens with one attached hydrogen (secondary N) is 2. The summed E-state index contributed by atoms with van der Waals surface area (Å²) in [6.45, 7) is 6.30. The van der Waals surface area contributed by atoms with Gasteiger partial charge in [0.15, 0.2) is 0 Å². The molecule has 0 fully saturated rings. The molecule has 9 nitrogen and oxygen atoms in total. The van der Waals surface area contributed by atoms with Crippen LogP contribution in [0.3, 0.4) is 0 Å². The quantitative estimate of drug-likeness (QED) is 0.417. The summed E-state index contributed by atoms with van der Waals surface area (Å²) in [4.78, 5) is 34.1. The third kappa shape index (κ3) is 4.23. The summed E-state index contributed by atoms with van der Waals surface area (Å²) in [5, 5.41) is 10.8. The van der Waals surface area contributed by atoms with E-state index in [4.69, 9.17) is 5.73 Å². The minimum atomic E-state index is -0.601. The molecule has 0 atom stereocenters. The summed E-state index contributed by atoms with van der Waals surface area (Å²) < 4.78 is 1.76. The van der Waals surface area contributed by atoms with Gasteiger partial charge in [-0.1, -0.05) is 23.8 Å². The molecule has 3 aromatic heterocycles. The van der Waals surface area contributed by atoms with E-state index in [-0.39, 0.29) is 11.5 Å². The number of benzene rings is 1. The van der Waals surface area contributed by atoms with Gasteiger partial charge in [-0.05, 0) is 62.6 Å². The molecule has 0 unspecified atom stereocenters. The van der Waals surface area contributed by atoms with Gasteiger partial charge < -0.3 is 16.4 Å². The van der Waals surface area contributed by atoms with Gasteiger partial charge in [-0.3, -0.25) is 14.6 Å². The number of hydrogen-bond donors (Lipinski definition) is 3. The van der Waals surface area contributed by atoms with Gasteiger partial charge in [0, 0.05) is 24.1 Å². The van der Waals surface area contributed by atoms with Crippen molar-refractivity contribution in [1.82, 2.24) is 19.7 Å². The fraction of sp³-hybridized carbons (Fsp3) is 0.192. The third-order valence-corrected chi connectivity index (χ3v) is 6.03. The van der Waals surface area contributed by atoms with Gasteiger partial charge in [-0.15, -0.1) is 0 Å². The number of carbonyl (C=O) groups excluding carboxylic acids is 2. The molecule has 176 valence electrons. The zero-order valence-corrected chi connectivity index (χ0v) is 19.7. The molecule has 5 rings (SSSR count). The molecule has 0 bridgehead atoms. The van der Waals surface area contributed by atoms with Gasteiger partial charge in [-0.25, -0.2) is 9.67 Å². The predicted molar refractivity (Wildman–Crippen MR) is 134 cm³/mol. The van der Waals surface area contributed by atoms with Gasteiger partial charge in [0.25, 0.3) is 11.8 Å². The minimum absolute atomic E-state index is 0.270. The van der Waals surface area contributed by atoms with Gasteiger partial charge in [0.1, 0.15) is 22.9 Å². The zero-order chi connectivity index (χ0) is 24.7. The first-order chi connectivity index (χ1) is 16.8. The Kier molecular flexibility index (Phi) is 5.52. The number of fused-ring (bicyclic) bond motifs is 2. The molecule has 9 heteroatoms. The molecule has 0 aliphatic carbocycles. The molecule has 0 radical (unpaired) electrons. The van der Waals surface area contributed by atoms with Crippen molar-refractivity contribution in [2.24, 2.45) is 5.73 Å². The average molecular weight is 468 g/mol. The van der Waals surface area contributed by atoms with Crippen molar-refractivity contribution >= 4 is 29.1 Å². The Hall–Kier alpha value is -4.53. The second-order valence-corrected chi connectivity index (χ2v) is 8.70. The maximum Gasteiger partial charge on any atom is 0.258 e. The first kappa shape index (κ1) is 22.3. The third-order valence-electron chi connectivity index (χ3n) is 6.03. The second-order valence-electron chi connectivity index (χ2n) is 8.70. The number of anilines is 3. The van der Waals surface area contributed by atoms with E-state index in [0.717, 1.165) is 23.4 Å². The Morgan fingerprint density at radius 3 is 2.69 bits per heavy atom. The molecule has 1 aliphatic heterocycles. The summed E-state index contributed by atoms with van der Waals surface area (Å²) in [7, 11) is 0. The lowest BCUT2D eigenvalue weighted by atomic mass is 10.1. The van der Waals surface area contributed by atoms with Crippen LogP contribution in [-0.2, 0) is 13.0 Å². The topological polar surface area (TPSA) is 128 Å². The van der Waals surface area contributed by atoms with Crippen LogP contribution in [0, 0.1) is 20.8 Å². The summed E-state index contributed by atoms with van der Waals surface area (Å²) in [5.41, 5.74) is 12.1. The van der Waals surface area contributed by atoms with E-state index in [0.29, 0.717) is 40.7 Å². The fourth-order valence-corrected chi connectivity index (χ4v) is 4.29. The Labute approximate surface area is 202 Å². The highest BCUT2D eigenvalue weighted by atomic mass is 16.2. The first-order valence-electron chi connectivity index (χ1n) is 11.3. The molecule has 1 aromatic carbocycles. The van der Waals surface area contributed by atoms with E-state index in [2.05, 4.69) is 31.8 Å². The molecular formula is C26H25N7O2. The number of pyridine rings is 2. The monoisotopic (exact) mass is 467 g/mol. The zero-order valence-electron chi connectivity index (χ0n) is 19.7. The molecule has 4 heterocycles. The lowest BCUT2D eigenvalue weighted by Crippen LogP contribution is -2.16. The van der Waals surface area contributed by atoms with Crippen LogP contribution in [0.2, 0.25) is 0 Å². The fourth-order valence-electron chi connectivity index (χ4n) is 4.29. The largest absolute Gasteiger partial charge is 0.365 e. The number of nitrogens with zero attached hydrogens (tertiary/aromatic N) is 4. The minimum Gasteiger partial charge on any atom is -0.365 e. The van der Waals surface area contributed by atoms with Crippen molar-refractivity contribution in [2.75, 3.05) is 10.6 Å². The molecule has 1 aliphatic rings. The SMILES string of the molecule is Cc1ccc2c(c1)CCn1nc(-c3cc(C)c(C(=O)Nc4cccc(C)n4)cn3)c(C(N)=O)c1N2. The number of aromatic nitrogens is 4. The predicted octanol–water partition coefficient (Wildman–Crippen LogP) is 3.92. The standard InChI is InChI=1S/C26H25N7O2/c1-14-7-8-19-17(11-14)9-10-33-25(30-19)22(24(27)34)23(32-33)20-12-15(2)18(13-28-20)26(35)31-21-6-4-5-16(3)29-21/h4-8,11-13,30H,9-10H2,1-3H3,(H2,27,34)(H,29,31,35). The van der Waals surface area contributed by atoms with Crippen LogP contribution in [0.4, 0.5) is 17.3 Å². The second kappa shape index (κ2) is 8.68. The molecule has 2 amide bonds. The van der Waals surface area contributed by atoms with Crippen molar-refractivity contribution in [3.05, 3.63) is 82.2 Å². The number of hydrogen-bond acceptors (Lipinski definition) is 6. The van der Waals surface area contributed by atoms with Gasteiger partial charge in [0.05, 0.1) is 11.3 Å². The lowest BCUT2D eigenvalue weighted by molar-refractivity contribution is 0.0998. The van der Waals surface area contributed by atoms with E-state index < -0.39 is 5.91 Å². The Bertz CT molecular complexity index is 1490. The van der Waals surface area contributed by atoms with Crippen molar-refractivity contribution in [3.63, 3.8) is 0 Å². The number of nitrogens with two attached hydrogens (primary N) is 1. The van der Waals surface area contributed by atoms with Crippen molar-refractivity contribution in [3.8, 4) is 11.4 Å². The number of carbonyl (C=O) groups is 2. The van der Waals surface area contributed by atoms with Gasteiger partial charge in [-0.2, -0.15) is 5.10 Å². The smallest absolute Gasteiger partial charge is 0.258 e. The maximum atomic E-state index is 12.8. The highest BCUT2D eigenvalue weighted by Crippen LogP contribution is 2.34. The van der Waals surface area contributed by atoms with Gasteiger partial charge >= 0.3 is 0 Å². The van der Waals surface area contributed by atoms with Crippen LogP contribution in [0.5, 0.6) is 0 Å². The first-order valence-corrected chi connectivity index (χ1v) is 11.3. The van der Waals surface area contributed by atoms with Crippen molar-refractivity contribution in [2.45, 2.75) is 33.7 Å². The highest BCUT2D eigenvalue weighted by Gasteiger charge is 2.27. The van der Waals surface area contributed by atoms with E-state index in [9.17, 15) is 9.59 Å². The van der Waals surface area contributed by atoms with Crippen molar-refractivity contribution < 1.29 is 9.59 Å². The Balaban J connectivity index is 1.49. The van der Waals surface area contributed by atoms with E-state index in [1.54, 1.807) is 16.8 Å². The summed E-state index contributed by atoms with van der Waals surface area (Å²) in [6, 6.07) is 13.3. The Morgan fingerprint density at radius 2 is 1.94 bits per heavy atom.